The minimum Gasteiger partial charge on any atom is -0.497 e. The first kappa shape index (κ1) is 17.7. The number of nitrogens with zero attached hydrogens (tertiary/aromatic N) is 3. The number of benzene rings is 1. The summed E-state index contributed by atoms with van der Waals surface area (Å²) in [7, 11) is 1.44. The zero-order chi connectivity index (χ0) is 19.7. The third kappa shape index (κ3) is 3.29. The molecule has 28 heavy (non-hydrogen) atoms. The van der Waals surface area contributed by atoms with Gasteiger partial charge in [0.25, 0.3) is 5.91 Å². The van der Waals surface area contributed by atoms with E-state index in [9.17, 15) is 13.6 Å². The summed E-state index contributed by atoms with van der Waals surface area (Å²) in [6, 6.07) is 7.57. The SMILES string of the molecule is COc1cc(F)cc(CNC(=O)c2ncn3cc(-c4cn[nH]c4F)ccc23)c1. The maximum atomic E-state index is 13.7. The minimum absolute atomic E-state index is 0.115. The Morgan fingerprint density at radius 2 is 2.14 bits per heavy atom. The van der Waals surface area contributed by atoms with Crippen LogP contribution < -0.4 is 10.1 Å². The second-order valence-corrected chi connectivity index (χ2v) is 6.08. The molecule has 4 rings (SSSR count). The fourth-order valence-electron chi connectivity index (χ4n) is 2.91. The molecule has 2 N–H and O–H groups in total. The maximum absolute atomic E-state index is 13.7. The molecular weight excluding hydrogens is 368 g/mol. The smallest absolute Gasteiger partial charge is 0.272 e. The molecule has 3 heterocycles. The van der Waals surface area contributed by atoms with Gasteiger partial charge in [-0.15, -0.1) is 0 Å². The van der Waals surface area contributed by atoms with Gasteiger partial charge in [0.2, 0.25) is 5.95 Å². The molecule has 4 aromatic rings. The van der Waals surface area contributed by atoms with Crippen LogP contribution in [0.15, 0.2) is 49.1 Å². The number of carbonyl (C=O) groups excluding carboxylic acids is 1. The highest BCUT2D eigenvalue weighted by Gasteiger charge is 2.15. The Morgan fingerprint density at radius 3 is 2.89 bits per heavy atom. The van der Waals surface area contributed by atoms with Gasteiger partial charge in [0.1, 0.15) is 17.9 Å². The largest absolute Gasteiger partial charge is 0.497 e. The monoisotopic (exact) mass is 383 g/mol. The van der Waals surface area contributed by atoms with Crippen LogP contribution in [0.3, 0.4) is 0 Å². The Bertz CT molecular complexity index is 1170. The van der Waals surface area contributed by atoms with Gasteiger partial charge >= 0.3 is 0 Å². The molecule has 0 saturated heterocycles. The molecule has 0 spiro atoms. The first-order valence-corrected chi connectivity index (χ1v) is 8.33. The number of pyridine rings is 1. The van der Waals surface area contributed by atoms with E-state index >= 15 is 0 Å². The van der Waals surface area contributed by atoms with Gasteiger partial charge in [0.15, 0.2) is 5.69 Å². The summed E-state index contributed by atoms with van der Waals surface area (Å²) in [4.78, 5) is 16.7. The van der Waals surface area contributed by atoms with Crippen molar-refractivity contribution in [2.75, 3.05) is 7.11 Å². The second-order valence-electron chi connectivity index (χ2n) is 6.08. The molecule has 0 aliphatic heterocycles. The molecule has 0 atom stereocenters. The Hall–Kier alpha value is -3.75. The van der Waals surface area contributed by atoms with Gasteiger partial charge in [-0.2, -0.15) is 9.49 Å². The first-order valence-electron chi connectivity index (χ1n) is 8.33. The molecule has 9 heteroatoms. The summed E-state index contributed by atoms with van der Waals surface area (Å²) < 4.78 is 33.9. The van der Waals surface area contributed by atoms with Crippen molar-refractivity contribution in [3.63, 3.8) is 0 Å². The van der Waals surface area contributed by atoms with Crippen LogP contribution in [-0.2, 0) is 6.54 Å². The van der Waals surface area contributed by atoms with E-state index in [0.29, 0.717) is 28.0 Å². The fourth-order valence-corrected chi connectivity index (χ4v) is 2.91. The molecule has 1 amide bonds. The van der Waals surface area contributed by atoms with E-state index in [-0.39, 0.29) is 12.2 Å². The molecule has 3 aromatic heterocycles. The average molecular weight is 383 g/mol. The number of hydrogen-bond acceptors (Lipinski definition) is 4. The third-order valence-corrected chi connectivity index (χ3v) is 4.27. The highest BCUT2D eigenvalue weighted by atomic mass is 19.1. The number of fused-ring (bicyclic) bond motifs is 1. The van der Waals surface area contributed by atoms with E-state index in [1.54, 1.807) is 28.8 Å². The van der Waals surface area contributed by atoms with Crippen LogP contribution in [-0.4, -0.2) is 32.6 Å². The standard InChI is InChI=1S/C19H15F2N5O2/c1-28-14-5-11(4-13(20)6-14)7-22-19(27)17-16-3-2-12(9-26(16)10-23-17)15-8-24-25-18(15)21/h2-6,8-10H,7H2,1H3,(H,22,27)(H,24,25). The Balaban J connectivity index is 1.55. The molecule has 0 fully saturated rings. The third-order valence-electron chi connectivity index (χ3n) is 4.27. The first-order chi connectivity index (χ1) is 13.5. The van der Waals surface area contributed by atoms with Crippen molar-refractivity contribution in [1.82, 2.24) is 24.9 Å². The van der Waals surface area contributed by atoms with Crippen molar-refractivity contribution in [1.29, 1.82) is 0 Å². The van der Waals surface area contributed by atoms with Gasteiger partial charge in [-0.25, -0.2) is 9.37 Å². The minimum atomic E-state index is -0.539. The number of ether oxygens (including phenoxy) is 1. The lowest BCUT2D eigenvalue weighted by atomic mass is 10.1. The molecule has 0 radical (unpaired) electrons. The van der Waals surface area contributed by atoms with Crippen LogP contribution in [0.2, 0.25) is 0 Å². The van der Waals surface area contributed by atoms with Gasteiger partial charge in [0.05, 0.1) is 24.4 Å². The number of H-pyrrole nitrogens is 1. The van der Waals surface area contributed by atoms with Crippen molar-refractivity contribution in [2.45, 2.75) is 6.54 Å². The lowest BCUT2D eigenvalue weighted by molar-refractivity contribution is 0.0948. The maximum Gasteiger partial charge on any atom is 0.272 e. The molecule has 1 aromatic carbocycles. The van der Waals surface area contributed by atoms with Crippen LogP contribution in [0, 0.1) is 11.8 Å². The van der Waals surface area contributed by atoms with E-state index in [1.807, 2.05) is 0 Å². The van der Waals surface area contributed by atoms with Crippen molar-refractivity contribution in [3.8, 4) is 16.9 Å². The molecule has 142 valence electrons. The van der Waals surface area contributed by atoms with Crippen LogP contribution in [0.25, 0.3) is 16.6 Å². The van der Waals surface area contributed by atoms with Crippen LogP contribution in [0.5, 0.6) is 5.75 Å². The quantitative estimate of drug-likeness (QED) is 0.555. The highest BCUT2D eigenvalue weighted by molar-refractivity contribution is 5.99. The van der Waals surface area contributed by atoms with Gasteiger partial charge < -0.3 is 14.5 Å². The molecule has 0 saturated carbocycles. The number of aromatic nitrogens is 4. The summed E-state index contributed by atoms with van der Waals surface area (Å²) in [5, 5.41) is 8.61. The van der Waals surface area contributed by atoms with E-state index in [2.05, 4.69) is 20.5 Å². The predicted molar refractivity (Wildman–Crippen MR) is 96.9 cm³/mol. The topological polar surface area (TPSA) is 84.3 Å². The summed E-state index contributed by atoms with van der Waals surface area (Å²) in [5.74, 6) is -1.03. The normalized spacial score (nSPS) is 11.0. The van der Waals surface area contributed by atoms with Crippen molar-refractivity contribution < 1.29 is 18.3 Å². The molecule has 7 nitrogen and oxygen atoms in total. The van der Waals surface area contributed by atoms with E-state index in [1.165, 1.54) is 31.8 Å². The highest BCUT2D eigenvalue weighted by Crippen LogP contribution is 2.22. The number of rotatable bonds is 5. The number of methoxy groups -OCH3 is 1. The van der Waals surface area contributed by atoms with Crippen LogP contribution >= 0.6 is 0 Å². The van der Waals surface area contributed by atoms with E-state index in [0.717, 1.165) is 0 Å². The summed E-state index contributed by atoms with van der Waals surface area (Å²) >= 11 is 0. The molecule has 0 aliphatic carbocycles. The summed E-state index contributed by atoms with van der Waals surface area (Å²) in [6.45, 7) is 0.115. The summed E-state index contributed by atoms with van der Waals surface area (Å²) in [6.07, 6.45) is 4.51. The molecular formula is C19H15F2N5O2. The van der Waals surface area contributed by atoms with Gasteiger partial charge in [-0.1, -0.05) is 6.07 Å². The molecule has 0 bridgehead atoms. The van der Waals surface area contributed by atoms with E-state index in [4.69, 9.17) is 4.74 Å². The predicted octanol–water partition coefficient (Wildman–Crippen LogP) is 2.94. The van der Waals surface area contributed by atoms with Gasteiger partial charge in [0, 0.05) is 24.4 Å². The van der Waals surface area contributed by atoms with Crippen molar-refractivity contribution in [2.24, 2.45) is 0 Å². The molecule has 0 aliphatic rings. The number of halogens is 2. The zero-order valence-electron chi connectivity index (χ0n) is 14.7. The van der Waals surface area contributed by atoms with Crippen molar-refractivity contribution >= 4 is 11.4 Å². The average Bonchev–Trinajstić information content (AvgIpc) is 3.31. The second kappa shape index (κ2) is 7.10. The van der Waals surface area contributed by atoms with E-state index < -0.39 is 17.7 Å². The Kier molecular flexibility index (Phi) is 4.48. The van der Waals surface area contributed by atoms with Gasteiger partial charge in [-0.3, -0.25) is 9.89 Å². The number of imidazole rings is 1. The number of amides is 1. The fraction of sp³-hybridized carbons (Fsp3) is 0.105. The number of carbonyl (C=O) groups is 1. The number of hydrogen-bond donors (Lipinski definition) is 2. The molecule has 0 unspecified atom stereocenters. The van der Waals surface area contributed by atoms with Crippen LogP contribution in [0.4, 0.5) is 8.78 Å². The lowest BCUT2D eigenvalue weighted by Crippen LogP contribution is -2.23. The summed E-state index contributed by atoms with van der Waals surface area (Å²) in [5.41, 5.74) is 2.24. The van der Waals surface area contributed by atoms with Crippen LogP contribution in [0.1, 0.15) is 16.1 Å². The Labute approximate surface area is 158 Å². The number of aromatic amines is 1. The zero-order valence-corrected chi connectivity index (χ0v) is 14.7. The lowest BCUT2D eigenvalue weighted by Gasteiger charge is -2.07. The number of nitrogens with one attached hydrogen (secondary N) is 2. The van der Waals surface area contributed by atoms with Gasteiger partial charge in [-0.05, 0) is 23.8 Å². The Morgan fingerprint density at radius 1 is 1.29 bits per heavy atom. The van der Waals surface area contributed by atoms with Crippen molar-refractivity contribution in [3.05, 3.63) is 72.1 Å².